The Labute approximate surface area is 129 Å². The van der Waals surface area contributed by atoms with Crippen molar-refractivity contribution in [2.24, 2.45) is 0 Å². The zero-order valence-corrected chi connectivity index (χ0v) is 12.9. The van der Waals surface area contributed by atoms with E-state index in [0.717, 1.165) is 17.9 Å². The van der Waals surface area contributed by atoms with Crippen LogP contribution in [0, 0.1) is 5.82 Å². The van der Waals surface area contributed by atoms with Crippen LogP contribution in [-0.2, 0) is 6.54 Å². The van der Waals surface area contributed by atoms with Crippen molar-refractivity contribution in [3.8, 4) is 0 Å². The lowest BCUT2D eigenvalue weighted by atomic mass is 9.98. The Morgan fingerprint density at radius 3 is 2.71 bits per heavy atom. The number of nitrogens with one attached hydrogen (secondary N) is 1. The van der Waals surface area contributed by atoms with Crippen molar-refractivity contribution < 1.29 is 4.39 Å². The van der Waals surface area contributed by atoms with Gasteiger partial charge in [0.2, 0.25) is 0 Å². The van der Waals surface area contributed by atoms with Gasteiger partial charge in [-0.05, 0) is 38.1 Å². The number of para-hydroxylation sites is 2. The predicted molar refractivity (Wildman–Crippen MR) is 86.6 cm³/mol. The van der Waals surface area contributed by atoms with Gasteiger partial charge >= 0.3 is 0 Å². The van der Waals surface area contributed by atoms with Gasteiger partial charge in [0, 0.05) is 29.2 Å². The van der Waals surface area contributed by atoms with E-state index in [1.165, 1.54) is 6.07 Å². The number of nitrogens with zero attached hydrogens (tertiary/aromatic N) is 1. The van der Waals surface area contributed by atoms with E-state index in [0.29, 0.717) is 17.1 Å². The van der Waals surface area contributed by atoms with Gasteiger partial charge in [0.15, 0.2) is 0 Å². The van der Waals surface area contributed by atoms with Crippen LogP contribution in [0.5, 0.6) is 0 Å². The highest BCUT2D eigenvalue weighted by Crippen LogP contribution is 2.36. The maximum atomic E-state index is 14.0. The van der Waals surface area contributed by atoms with Crippen LogP contribution < -0.4 is 10.2 Å². The van der Waals surface area contributed by atoms with Crippen LogP contribution in [-0.4, -0.2) is 12.1 Å². The monoisotopic (exact) mass is 304 g/mol. The van der Waals surface area contributed by atoms with Gasteiger partial charge in [-0.25, -0.2) is 4.39 Å². The van der Waals surface area contributed by atoms with E-state index in [2.05, 4.69) is 24.1 Å². The SMILES string of the molecule is CC1(C)CN(Cc2c(F)cccc2Cl)c2ccccc2N1. The smallest absolute Gasteiger partial charge is 0.129 e. The van der Waals surface area contributed by atoms with Gasteiger partial charge in [-0.15, -0.1) is 0 Å². The molecule has 0 radical (unpaired) electrons. The van der Waals surface area contributed by atoms with Crippen molar-refractivity contribution in [3.05, 3.63) is 58.9 Å². The summed E-state index contributed by atoms with van der Waals surface area (Å²) < 4.78 is 14.0. The molecule has 1 N–H and O–H groups in total. The quantitative estimate of drug-likeness (QED) is 0.866. The molecule has 0 unspecified atom stereocenters. The van der Waals surface area contributed by atoms with Crippen molar-refractivity contribution in [1.82, 2.24) is 0 Å². The molecule has 0 saturated carbocycles. The molecule has 0 bridgehead atoms. The fraction of sp³-hybridized carbons (Fsp3) is 0.294. The van der Waals surface area contributed by atoms with Gasteiger partial charge in [0.1, 0.15) is 5.82 Å². The molecule has 0 aliphatic carbocycles. The van der Waals surface area contributed by atoms with Crippen molar-refractivity contribution in [2.45, 2.75) is 25.9 Å². The van der Waals surface area contributed by atoms with Crippen LogP contribution in [0.3, 0.4) is 0 Å². The summed E-state index contributed by atoms with van der Waals surface area (Å²) in [5.74, 6) is -0.253. The Hall–Kier alpha value is -1.74. The molecular formula is C17H18ClFN2. The van der Waals surface area contributed by atoms with Gasteiger partial charge in [-0.2, -0.15) is 0 Å². The normalized spacial score (nSPS) is 16.3. The van der Waals surface area contributed by atoms with Gasteiger partial charge < -0.3 is 10.2 Å². The van der Waals surface area contributed by atoms with Crippen LogP contribution in [0.25, 0.3) is 0 Å². The summed E-state index contributed by atoms with van der Waals surface area (Å²) in [5, 5.41) is 3.99. The Bertz CT molecular complexity index is 649. The largest absolute Gasteiger partial charge is 0.377 e. The third-order valence-electron chi connectivity index (χ3n) is 3.71. The molecule has 3 rings (SSSR count). The molecule has 21 heavy (non-hydrogen) atoms. The molecular weight excluding hydrogens is 287 g/mol. The van der Waals surface area contributed by atoms with Gasteiger partial charge in [0.25, 0.3) is 0 Å². The first-order chi connectivity index (χ1) is 9.96. The molecule has 0 saturated heterocycles. The highest BCUT2D eigenvalue weighted by atomic mass is 35.5. The topological polar surface area (TPSA) is 15.3 Å². The standard InChI is InChI=1S/C17H18ClFN2/c1-17(2)11-21(16-9-4-3-8-15(16)20-17)10-12-13(18)6-5-7-14(12)19/h3-9,20H,10-11H2,1-2H3. The van der Waals surface area contributed by atoms with E-state index in [-0.39, 0.29) is 11.4 Å². The van der Waals surface area contributed by atoms with E-state index in [1.807, 2.05) is 24.3 Å². The number of benzene rings is 2. The highest BCUT2D eigenvalue weighted by molar-refractivity contribution is 6.31. The molecule has 2 aromatic carbocycles. The average molecular weight is 305 g/mol. The fourth-order valence-electron chi connectivity index (χ4n) is 2.84. The highest BCUT2D eigenvalue weighted by Gasteiger charge is 2.29. The van der Waals surface area contributed by atoms with Crippen molar-refractivity contribution >= 4 is 23.0 Å². The van der Waals surface area contributed by atoms with Crippen LogP contribution in [0.1, 0.15) is 19.4 Å². The summed E-state index contributed by atoms with van der Waals surface area (Å²) in [5.41, 5.74) is 2.62. The second-order valence-corrected chi connectivity index (χ2v) is 6.49. The fourth-order valence-corrected chi connectivity index (χ4v) is 3.06. The van der Waals surface area contributed by atoms with Crippen LogP contribution >= 0.6 is 11.6 Å². The number of anilines is 2. The van der Waals surface area contributed by atoms with Gasteiger partial charge in [0.05, 0.1) is 11.4 Å². The van der Waals surface area contributed by atoms with Gasteiger partial charge in [-0.3, -0.25) is 0 Å². The molecule has 2 nitrogen and oxygen atoms in total. The summed E-state index contributed by atoms with van der Waals surface area (Å²) in [7, 11) is 0. The minimum atomic E-state index is -0.253. The molecule has 1 aliphatic rings. The number of hydrogen-bond donors (Lipinski definition) is 1. The number of fused-ring (bicyclic) bond motifs is 1. The molecule has 1 aliphatic heterocycles. The predicted octanol–water partition coefficient (Wildman–Crippen LogP) is 4.69. The van der Waals surface area contributed by atoms with E-state index in [1.54, 1.807) is 12.1 Å². The maximum absolute atomic E-state index is 14.0. The lowest BCUT2D eigenvalue weighted by Gasteiger charge is -2.42. The summed E-state index contributed by atoms with van der Waals surface area (Å²) in [4.78, 5) is 2.18. The van der Waals surface area contributed by atoms with Crippen LogP contribution in [0.4, 0.5) is 15.8 Å². The zero-order chi connectivity index (χ0) is 15.0. The second-order valence-electron chi connectivity index (χ2n) is 6.08. The summed E-state index contributed by atoms with van der Waals surface area (Å²) in [6.07, 6.45) is 0. The lowest BCUT2D eigenvalue weighted by molar-refractivity contribution is 0.523. The molecule has 0 fully saturated rings. The Morgan fingerprint density at radius 2 is 1.95 bits per heavy atom. The molecule has 110 valence electrons. The molecule has 4 heteroatoms. The minimum absolute atomic E-state index is 0.0773. The van der Waals surface area contributed by atoms with Crippen molar-refractivity contribution in [3.63, 3.8) is 0 Å². The van der Waals surface area contributed by atoms with Crippen LogP contribution in [0.15, 0.2) is 42.5 Å². The molecule has 1 heterocycles. The summed E-state index contributed by atoms with van der Waals surface area (Å²) >= 11 is 6.16. The summed E-state index contributed by atoms with van der Waals surface area (Å²) in [6.45, 7) is 5.53. The molecule has 0 atom stereocenters. The molecule has 0 amide bonds. The Kier molecular flexibility index (Phi) is 3.54. The second kappa shape index (κ2) is 5.23. The number of halogens is 2. The maximum Gasteiger partial charge on any atom is 0.129 e. The molecule has 0 aromatic heterocycles. The third-order valence-corrected chi connectivity index (χ3v) is 4.07. The Morgan fingerprint density at radius 1 is 1.19 bits per heavy atom. The molecule has 2 aromatic rings. The summed E-state index contributed by atoms with van der Waals surface area (Å²) in [6, 6.07) is 12.9. The van der Waals surface area contributed by atoms with Gasteiger partial charge in [-0.1, -0.05) is 29.8 Å². The first-order valence-corrected chi connectivity index (χ1v) is 7.39. The minimum Gasteiger partial charge on any atom is -0.377 e. The van der Waals surface area contributed by atoms with Crippen molar-refractivity contribution in [2.75, 3.05) is 16.8 Å². The van der Waals surface area contributed by atoms with E-state index < -0.39 is 0 Å². The third kappa shape index (κ3) is 2.84. The first-order valence-electron chi connectivity index (χ1n) is 7.01. The Balaban J connectivity index is 1.99. The lowest BCUT2D eigenvalue weighted by Crippen LogP contribution is -2.48. The zero-order valence-electron chi connectivity index (χ0n) is 12.2. The van der Waals surface area contributed by atoms with Crippen molar-refractivity contribution in [1.29, 1.82) is 0 Å². The average Bonchev–Trinajstić information content (AvgIpc) is 2.41. The number of rotatable bonds is 2. The van der Waals surface area contributed by atoms with E-state index in [4.69, 9.17) is 11.6 Å². The van der Waals surface area contributed by atoms with Crippen LogP contribution in [0.2, 0.25) is 5.02 Å². The number of hydrogen-bond acceptors (Lipinski definition) is 2. The molecule has 0 spiro atoms. The van der Waals surface area contributed by atoms with E-state index >= 15 is 0 Å². The first kappa shape index (κ1) is 14.2. The van der Waals surface area contributed by atoms with E-state index in [9.17, 15) is 4.39 Å².